The predicted molar refractivity (Wildman–Crippen MR) is 62.6 cm³/mol. The molecule has 0 aliphatic rings. The van der Waals surface area contributed by atoms with E-state index >= 15 is 0 Å². The van der Waals surface area contributed by atoms with Gasteiger partial charge in [0, 0.05) is 0 Å². The van der Waals surface area contributed by atoms with Crippen molar-refractivity contribution in [3.63, 3.8) is 0 Å². The molecular formula is C12H17LiN2O. The summed E-state index contributed by atoms with van der Waals surface area (Å²) < 4.78 is 5.00. The number of aliphatic imine (C=N–C) groups is 1. The molecule has 3 nitrogen and oxygen atoms in total. The zero-order valence-corrected chi connectivity index (χ0v) is 10.7. The van der Waals surface area contributed by atoms with Gasteiger partial charge in [-0.3, -0.25) is 4.99 Å². The summed E-state index contributed by atoms with van der Waals surface area (Å²) in [6.45, 7) is 10.1. The van der Waals surface area contributed by atoms with E-state index < -0.39 is 0 Å². The van der Waals surface area contributed by atoms with Crippen LogP contribution in [0, 0.1) is 6.92 Å². The zero-order valence-electron chi connectivity index (χ0n) is 10.7. The molecule has 0 bridgehead atoms. The Hall–Kier alpha value is -0.913. The number of hydrogen-bond donors (Lipinski definition) is 0. The fourth-order valence-corrected chi connectivity index (χ4v) is 0.977. The van der Waals surface area contributed by atoms with Gasteiger partial charge in [-0.1, -0.05) is 5.56 Å². The van der Waals surface area contributed by atoms with Gasteiger partial charge in [0.25, 0.3) is 0 Å². The van der Waals surface area contributed by atoms with Crippen LogP contribution in [-0.4, -0.2) is 23.8 Å². The first kappa shape index (κ1) is 15.1. The van der Waals surface area contributed by atoms with E-state index in [1.807, 2.05) is 20.8 Å². The average molecular weight is 212 g/mol. The molecule has 4 heteroatoms. The molecule has 0 radical (unpaired) electrons. The van der Waals surface area contributed by atoms with E-state index in [2.05, 4.69) is 16.9 Å². The van der Waals surface area contributed by atoms with Crippen LogP contribution in [0.25, 0.3) is 0 Å². The molecule has 0 aromatic carbocycles. The largest absolute Gasteiger partial charge is 1.00 e. The second-order valence-electron chi connectivity index (χ2n) is 4.35. The first-order valence-electron chi connectivity index (χ1n) is 4.83. The Morgan fingerprint density at radius 2 is 2.06 bits per heavy atom. The van der Waals surface area contributed by atoms with Gasteiger partial charge in [0.1, 0.15) is 0 Å². The Balaban J connectivity index is 0.00000225. The third kappa shape index (κ3) is 4.74. The number of ether oxygens (including phenoxy) is 1. The van der Waals surface area contributed by atoms with E-state index in [0.717, 1.165) is 11.1 Å². The maximum atomic E-state index is 5.00. The van der Waals surface area contributed by atoms with E-state index in [4.69, 9.17) is 4.74 Å². The van der Waals surface area contributed by atoms with Crippen molar-refractivity contribution in [1.29, 1.82) is 0 Å². The van der Waals surface area contributed by atoms with Crippen LogP contribution in [-0.2, 0) is 0 Å². The normalized spacial score (nSPS) is 11.2. The Bertz CT molecular complexity index is 370. The summed E-state index contributed by atoms with van der Waals surface area (Å²) in [6.07, 6.45) is 3.52. The van der Waals surface area contributed by atoms with Gasteiger partial charge in [-0.15, -0.1) is 6.07 Å². The van der Waals surface area contributed by atoms with Crippen molar-refractivity contribution in [2.75, 3.05) is 7.11 Å². The maximum absolute atomic E-state index is 5.00. The third-order valence-corrected chi connectivity index (χ3v) is 1.80. The molecule has 0 N–H and O–H groups in total. The molecule has 16 heavy (non-hydrogen) atoms. The maximum Gasteiger partial charge on any atom is 1.00 e. The van der Waals surface area contributed by atoms with Crippen LogP contribution in [0.3, 0.4) is 0 Å². The van der Waals surface area contributed by atoms with Gasteiger partial charge < -0.3 is 4.74 Å². The van der Waals surface area contributed by atoms with Crippen molar-refractivity contribution in [2.24, 2.45) is 4.99 Å². The summed E-state index contributed by atoms with van der Waals surface area (Å²) in [4.78, 5) is 8.50. The summed E-state index contributed by atoms with van der Waals surface area (Å²) in [5.41, 5.74) is 1.72. The van der Waals surface area contributed by atoms with Crippen molar-refractivity contribution < 1.29 is 23.6 Å². The van der Waals surface area contributed by atoms with Gasteiger partial charge in [-0.25, -0.2) is 4.98 Å². The standard InChI is InChI=1S/C12H17N2O.Li/c1-9-6-11(15-5)13-7-10(9)8-14-12(2,3)4;/h6-8H,1H2,2-5H3;/q-1;+1. The van der Waals surface area contributed by atoms with Crippen molar-refractivity contribution in [2.45, 2.75) is 26.3 Å². The van der Waals surface area contributed by atoms with Crippen LogP contribution < -0.4 is 23.6 Å². The molecule has 0 aliphatic heterocycles. The van der Waals surface area contributed by atoms with Gasteiger partial charge in [-0.2, -0.15) is 12.5 Å². The number of pyridine rings is 1. The second kappa shape index (κ2) is 5.98. The van der Waals surface area contributed by atoms with Crippen molar-refractivity contribution in [3.8, 4) is 5.88 Å². The van der Waals surface area contributed by atoms with Crippen molar-refractivity contribution in [3.05, 3.63) is 30.3 Å². The number of aromatic nitrogens is 1. The molecule has 1 aromatic rings. The van der Waals surface area contributed by atoms with Crippen molar-refractivity contribution >= 4 is 6.21 Å². The number of methoxy groups -OCH3 is 1. The SMILES string of the molecule is [CH2-]c1cc(OC)ncc1C=NC(C)(C)C.[Li+]. The third-order valence-electron chi connectivity index (χ3n) is 1.80. The molecular weight excluding hydrogens is 195 g/mol. The predicted octanol–water partition coefficient (Wildman–Crippen LogP) is -0.506. The Morgan fingerprint density at radius 1 is 1.44 bits per heavy atom. The molecule has 1 heterocycles. The number of nitrogens with zero attached hydrogens (tertiary/aromatic N) is 2. The van der Waals surface area contributed by atoms with Crippen LogP contribution in [0.1, 0.15) is 31.9 Å². The molecule has 0 saturated heterocycles. The molecule has 82 valence electrons. The minimum atomic E-state index is -0.0770. The topological polar surface area (TPSA) is 34.5 Å². The van der Waals surface area contributed by atoms with Crippen LogP contribution in [0.15, 0.2) is 17.3 Å². The number of rotatable bonds is 2. The fraction of sp³-hybridized carbons (Fsp3) is 0.417. The average Bonchev–Trinajstić information content (AvgIpc) is 2.14. The first-order valence-corrected chi connectivity index (χ1v) is 4.83. The summed E-state index contributed by atoms with van der Waals surface area (Å²) in [7, 11) is 1.59. The quantitative estimate of drug-likeness (QED) is 0.376. The zero-order chi connectivity index (χ0) is 11.5. The second-order valence-corrected chi connectivity index (χ2v) is 4.35. The molecule has 1 aromatic heterocycles. The van der Waals surface area contributed by atoms with E-state index in [9.17, 15) is 0 Å². The van der Waals surface area contributed by atoms with E-state index in [1.165, 1.54) is 0 Å². The van der Waals surface area contributed by atoms with E-state index in [1.54, 1.807) is 25.6 Å². The summed E-state index contributed by atoms with van der Waals surface area (Å²) in [6, 6.07) is 1.80. The molecule has 0 amide bonds. The number of hydrogen-bond acceptors (Lipinski definition) is 3. The van der Waals surface area contributed by atoms with Crippen molar-refractivity contribution in [1.82, 2.24) is 4.98 Å². The van der Waals surface area contributed by atoms with E-state index in [0.29, 0.717) is 5.88 Å². The fourth-order valence-electron chi connectivity index (χ4n) is 0.977. The minimum absolute atomic E-state index is 0. The molecule has 0 fully saturated rings. The Morgan fingerprint density at radius 3 is 2.50 bits per heavy atom. The van der Waals surface area contributed by atoms with Crippen LogP contribution in [0.4, 0.5) is 0 Å². The molecule has 0 saturated carbocycles. The van der Waals surface area contributed by atoms with Crippen LogP contribution in [0.5, 0.6) is 5.88 Å². The van der Waals surface area contributed by atoms with Gasteiger partial charge in [0.05, 0.1) is 12.6 Å². The monoisotopic (exact) mass is 212 g/mol. The smallest absolute Gasteiger partial charge is 0.491 e. The van der Waals surface area contributed by atoms with Crippen LogP contribution >= 0.6 is 0 Å². The van der Waals surface area contributed by atoms with Gasteiger partial charge in [0.15, 0.2) is 5.88 Å². The Labute approximate surface area is 110 Å². The van der Waals surface area contributed by atoms with Gasteiger partial charge in [0.2, 0.25) is 0 Å². The van der Waals surface area contributed by atoms with Gasteiger partial charge >= 0.3 is 18.9 Å². The molecule has 0 atom stereocenters. The molecule has 1 rings (SSSR count). The minimum Gasteiger partial charge on any atom is -0.491 e. The molecule has 0 spiro atoms. The van der Waals surface area contributed by atoms with E-state index in [-0.39, 0.29) is 24.4 Å². The summed E-state index contributed by atoms with van der Waals surface area (Å²) >= 11 is 0. The van der Waals surface area contributed by atoms with Crippen LogP contribution in [0.2, 0.25) is 0 Å². The first-order chi connectivity index (χ1) is 6.92. The Kier molecular flexibility index (Phi) is 5.64. The molecule has 0 aliphatic carbocycles. The molecule has 0 unspecified atom stereocenters. The summed E-state index contributed by atoms with van der Waals surface area (Å²) in [5, 5.41) is 0. The summed E-state index contributed by atoms with van der Waals surface area (Å²) in [5.74, 6) is 0.577. The van der Waals surface area contributed by atoms with Gasteiger partial charge in [-0.05, 0) is 33.2 Å².